The van der Waals surface area contributed by atoms with E-state index in [2.05, 4.69) is 15.6 Å². The second kappa shape index (κ2) is 7.27. The molecule has 2 aromatic rings. The summed E-state index contributed by atoms with van der Waals surface area (Å²) in [4.78, 5) is 30.3. The highest BCUT2D eigenvalue weighted by atomic mass is 32.1. The highest BCUT2D eigenvalue weighted by Gasteiger charge is 2.20. The van der Waals surface area contributed by atoms with E-state index in [1.54, 1.807) is 11.3 Å². The third-order valence-corrected chi connectivity index (χ3v) is 4.67. The van der Waals surface area contributed by atoms with Crippen LogP contribution in [0.3, 0.4) is 0 Å². The van der Waals surface area contributed by atoms with Crippen LogP contribution in [0.4, 0.5) is 4.79 Å². The van der Waals surface area contributed by atoms with E-state index in [1.165, 1.54) is 0 Å². The van der Waals surface area contributed by atoms with Gasteiger partial charge in [0.1, 0.15) is 5.01 Å². The normalized spacial score (nSPS) is 13.1. The fourth-order valence-corrected chi connectivity index (χ4v) is 3.24. The number of para-hydroxylation sites is 1. The van der Waals surface area contributed by atoms with E-state index in [0.29, 0.717) is 0 Å². The second-order valence-electron chi connectivity index (χ2n) is 6.86. The Morgan fingerprint density at radius 2 is 1.96 bits per heavy atom. The summed E-state index contributed by atoms with van der Waals surface area (Å²) in [5.41, 5.74) is 0.580. The summed E-state index contributed by atoms with van der Waals surface area (Å²) in [5, 5.41) is 6.00. The van der Waals surface area contributed by atoms with Crippen molar-refractivity contribution in [2.75, 3.05) is 13.6 Å². The molecular weight excluding hydrogens is 324 g/mol. The van der Waals surface area contributed by atoms with Gasteiger partial charge in [-0.1, -0.05) is 12.1 Å². The number of rotatable bonds is 4. The second-order valence-corrected chi connectivity index (χ2v) is 7.93. The Morgan fingerprint density at radius 3 is 2.58 bits per heavy atom. The van der Waals surface area contributed by atoms with Crippen molar-refractivity contribution in [1.82, 2.24) is 20.5 Å². The highest BCUT2D eigenvalue weighted by molar-refractivity contribution is 7.18. The summed E-state index contributed by atoms with van der Waals surface area (Å²) < 4.78 is 1.13. The van der Waals surface area contributed by atoms with E-state index >= 15 is 0 Å². The van der Waals surface area contributed by atoms with E-state index < -0.39 is 6.03 Å². The van der Waals surface area contributed by atoms with Crippen molar-refractivity contribution in [1.29, 1.82) is 0 Å². The molecule has 0 aliphatic heterocycles. The molecule has 24 heavy (non-hydrogen) atoms. The van der Waals surface area contributed by atoms with Gasteiger partial charge in [-0.05, 0) is 46.9 Å². The maximum atomic E-state index is 12.0. The van der Waals surface area contributed by atoms with Crippen LogP contribution in [0.1, 0.15) is 38.7 Å². The topological polar surface area (TPSA) is 74.3 Å². The molecule has 0 unspecified atom stereocenters. The zero-order chi connectivity index (χ0) is 17.9. The lowest BCUT2D eigenvalue weighted by Crippen LogP contribution is -2.50. The third kappa shape index (κ3) is 5.01. The van der Waals surface area contributed by atoms with Crippen LogP contribution in [-0.4, -0.2) is 41.0 Å². The van der Waals surface area contributed by atoms with E-state index in [9.17, 15) is 9.59 Å². The number of nitrogens with one attached hydrogen (secondary N) is 2. The lowest BCUT2D eigenvalue weighted by Gasteiger charge is -2.23. The number of carbonyl (C=O) groups excluding carboxylic acids is 2. The highest BCUT2D eigenvalue weighted by Crippen LogP contribution is 2.28. The van der Waals surface area contributed by atoms with Gasteiger partial charge in [0.05, 0.1) is 22.8 Å². The molecule has 2 rings (SSSR count). The Morgan fingerprint density at radius 1 is 1.29 bits per heavy atom. The number of thiazole rings is 1. The zero-order valence-electron chi connectivity index (χ0n) is 14.7. The van der Waals surface area contributed by atoms with E-state index in [0.717, 1.165) is 15.2 Å². The molecular formula is C17H24N4O2S. The number of likely N-dealkylation sites (N-methyl/N-ethyl adjacent to an activating group) is 1. The molecule has 0 fully saturated rings. The molecule has 0 bridgehead atoms. The quantitative estimate of drug-likeness (QED) is 0.891. The van der Waals surface area contributed by atoms with Gasteiger partial charge in [0.25, 0.3) is 0 Å². The standard InChI is InChI=1S/C17H24N4O2S/c1-11(15-18-12-8-6-7-9-13(12)24-15)21(5)10-14(22)19-16(23)20-17(2,3)4/h6-9,11H,10H2,1-5H3,(H2,19,20,22,23)/t11-/m1/s1. The van der Waals surface area contributed by atoms with Crippen LogP contribution < -0.4 is 10.6 Å². The van der Waals surface area contributed by atoms with Crippen LogP contribution >= 0.6 is 11.3 Å². The number of carbonyl (C=O) groups is 2. The number of hydrogen-bond donors (Lipinski definition) is 2. The lowest BCUT2D eigenvalue weighted by molar-refractivity contribution is -0.121. The smallest absolute Gasteiger partial charge is 0.321 e. The first-order chi connectivity index (χ1) is 11.2. The molecule has 1 heterocycles. The van der Waals surface area contributed by atoms with Crippen molar-refractivity contribution in [3.63, 3.8) is 0 Å². The van der Waals surface area contributed by atoms with Crippen molar-refractivity contribution in [2.24, 2.45) is 0 Å². The van der Waals surface area contributed by atoms with Gasteiger partial charge in [0.15, 0.2) is 0 Å². The Labute approximate surface area is 146 Å². The number of amides is 3. The fraction of sp³-hybridized carbons (Fsp3) is 0.471. The molecule has 0 saturated heterocycles. The van der Waals surface area contributed by atoms with Crippen molar-refractivity contribution in [2.45, 2.75) is 39.3 Å². The Balaban J connectivity index is 1.94. The van der Waals surface area contributed by atoms with Gasteiger partial charge < -0.3 is 5.32 Å². The number of hydrogen-bond acceptors (Lipinski definition) is 5. The fourth-order valence-electron chi connectivity index (χ4n) is 2.16. The number of urea groups is 1. The maximum absolute atomic E-state index is 12.0. The number of imide groups is 1. The molecule has 1 atom stereocenters. The molecule has 1 aromatic heterocycles. The predicted octanol–water partition coefficient (Wildman–Crippen LogP) is 2.91. The van der Waals surface area contributed by atoms with Crippen molar-refractivity contribution in [3.8, 4) is 0 Å². The average Bonchev–Trinajstić information content (AvgIpc) is 2.87. The van der Waals surface area contributed by atoms with Crippen molar-refractivity contribution in [3.05, 3.63) is 29.3 Å². The molecule has 130 valence electrons. The number of fused-ring (bicyclic) bond motifs is 1. The molecule has 0 radical (unpaired) electrons. The first kappa shape index (κ1) is 18.4. The molecule has 0 spiro atoms. The van der Waals surface area contributed by atoms with E-state index in [4.69, 9.17) is 0 Å². The minimum Gasteiger partial charge on any atom is -0.333 e. The molecule has 0 aliphatic rings. The minimum atomic E-state index is -0.478. The molecule has 7 heteroatoms. The van der Waals surface area contributed by atoms with Crippen LogP contribution in [0, 0.1) is 0 Å². The van der Waals surface area contributed by atoms with Crippen LogP contribution in [0.15, 0.2) is 24.3 Å². The van der Waals surface area contributed by atoms with Crippen LogP contribution in [-0.2, 0) is 4.79 Å². The summed E-state index contributed by atoms with van der Waals surface area (Å²) in [5.74, 6) is -0.341. The Hall–Kier alpha value is -1.99. The van der Waals surface area contributed by atoms with Crippen molar-refractivity contribution >= 4 is 33.5 Å². The summed E-state index contributed by atoms with van der Waals surface area (Å²) >= 11 is 1.62. The zero-order valence-corrected chi connectivity index (χ0v) is 15.5. The largest absolute Gasteiger partial charge is 0.333 e. The molecule has 1 aromatic carbocycles. The van der Waals surface area contributed by atoms with Gasteiger partial charge >= 0.3 is 6.03 Å². The van der Waals surface area contributed by atoms with Crippen LogP contribution in [0.5, 0.6) is 0 Å². The van der Waals surface area contributed by atoms with E-state index in [-0.39, 0.29) is 24.0 Å². The Bertz CT molecular complexity index is 703. The van der Waals surface area contributed by atoms with E-state index in [1.807, 2.05) is 63.9 Å². The maximum Gasteiger partial charge on any atom is 0.321 e. The van der Waals surface area contributed by atoms with Crippen LogP contribution in [0.25, 0.3) is 10.2 Å². The van der Waals surface area contributed by atoms with Gasteiger partial charge in [-0.2, -0.15) is 0 Å². The van der Waals surface area contributed by atoms with Gasteiger partial charge in [0.2, 0.25) is 5.91 Å². The lowest BCUT2D eigenvalue weighted by atomic mass is 10.1. The predicted molar refractivity (Wildman–Crippen MR) is 97.1 cm³/mol. The summed E-state index contributed by atoms with van der Waals surface area (Å²) in [6.07, 6.45) is 0. The third-order valence-electron chi connectivity index (χ3n) is 3.46. The molecule has 2 N–H and O–H groups in total. The van der Waals surface area contributed by atoms with Gasteiger partial charge in [-0.15, -0.1) is 11.3 Å². The monoisotopic (exact) mass is 348 g/mol. The summed E-state index contributed by atoms with van der Waals surface area (Å²) in [6.45, 7) is 7.70. The molecule has 0 aliphatic carbocycles. The first-order valence-electron chi connectivity index (χ1n) is 7.83. The Kier molecular flexibility index (Phi) is 5.56. The first-order valence-corrected chi connectivity index (χ1v) is 8.65. The average molecular weight is 348 g/mol. The number of benzene rings is 1. The molecule has 6 nitrogen and oxygen atoms in total. The minimum absolute atomic E-state index is 0.0150. The summed E-state index contributed by atoms with van der Waals surface area (Å²) in [6, 6.07) is 7.46. The van der Waals surface area contributed by atoms with Crippen LogP contribution in [0.2, 0.25) is 0 Å². The van der Waals surface area contributed by atoms with Gasteiger partial charge in [0, 0.05) is 5.54 Å². The summed E-state index contributed by atoms with van der Waals surface area (Å²) in [7, 11) is 1.85. The molecule has 0 saturated carbocycles. The van der Waals surface area contributed by atoms with Gasteiger partial charge in [-0.25, -0.2) is 9.78 Å². The number of aromatic nitrogens is 1. The van der Waals surface area contributed by atoms with Crippen molar-refractivity contribution < 1.29 is 9.59 Å². The SMILES string of the molecule is C[C@H](c1nc2ccccc2s1)N(C)CC(=O)NC(=O)NC(C)(C)C. The van der Waals surface area contributed by atoms with Gasteiger partial charge in [-0.3, -0.25) is 15.0 Å². The number of nitrogens with zero attached hydrogens (tertiary/aromatic N) is 2. The molecule has 3 amide bonds.